The van der Waals surface area contributed by atoms with Crippen LogP contribution in [0.25, 0.3) is 0 Å². The van der Waals surface area contributed by atoms with Crippen molar-refractivity contribution in [3.05, 3.63) is 54.3 Å². The van der Waals surface area contributed by atoms with Crippen LogP contribution in [0.3, 0.4) is 0 Å². The molecule has 0 radical (unpaired) electrons. The number of phenolic OH excluding ortho intramolecular Hbond substituents is 1. The van der Waals surface area contributed by atoms with E-state index >= 15 is 0 Å². The van der Waals surface area contributed by atoms with E-state index in [1.165, 1.54) is 24.3 Å². The van der Waals surface area contributed by atoms with Gasteiger partial charge in [-0.05, 0) is 61.4 Å². The summed E-state index contributed by atoms with van der Waals surface area (Å²) in [7, 11) is 0. The predicted molar refractivity (Wildman–Crippen MR) is 73.7 cm³/mol. The van der Waals surface area contributed by atoms with Gasteiger partial charge in [-0.3, -0.25) is 0 Å². The maximum atomic E-state index is 14.5. The maximum absolute atomic E-state index is 14.5. The fourth-order valence-corrected chi connectivity index (χ4v) is 2.12. The average Bonchev–Trinajstić information content (AvgIpc) is 3.22. The molecule has 2 N–H and O–H groups in total. The summed E-state index contributed by atoms with van der Waals surface area (Å²) in [5, 5.41) is 13.0. The van der Waals surface area contributed by atoms with Crippen molar-refractivity contribution >= 4 is 11.4 Å². The highest BCUT2D eigenvalue weighted by atomic mass is 19.2. The first-order valence-electron chi connectivity index (χ1n) is 6.38. The highest BCUT2D eigenvalue weighted by molar-refractivity contribution is 5.55. The Balaban J connectivity index is 1.78. The molecule has 2 aromatic carbocycles. The normalized spacial score (nSPS) is 15.7. The van der Waals surface area contributed by atoms with Crippen LogP contribution in [-0.2, 0) is 0 Å². The number of phenols is 1. The van der Waals surface area contributed by atoms with Crippen molar-refractivity contribution in [2.75, 3.05) is 10.4 Å². The van der Waals surface area contributed by atoms with E-state index in [0.717, 1.165) is 5.69 Å². The summed E-state index contributed by atoms with van der Waals surface area (Å²) < 4.78 is 27.3. The van der Waals surface area contributed by atoms with Gasteiger partial charge in [0.1, 0.15) is 17.2 Å². The van der Waals surface area contributed by atoms with E-state index in [1.807, 2.05) is 0 Å². The molecule has 2 aromatic rings. The third-order valence-electron chi connectivity index (χ3n) is 3.40. The maximum Gasteiger partial charge on any atom is 0.141 e. The van der Waals surface area contributed by atoms with Crippen LogP contribution < -0.4 is 10.4 Å². The molecule has 104 valence electrons. The molecule has 0 amide bonds. The summed E-state index contributed by atoms with van der Waals surface area (Å²) in [5.41, 5.74) is 0.259. The number of benzene rings is 2. The zero-order chi connectivity index (χ0) is 14.2. The van der Waals surface area contributed by atoms with Gasteiger partial charge in [-0.1, -0.05) is 4.48 Å². The van der Waals surface area contributed by atoms with Gasteiger partial charge in [0, 0.05) is 5.69 Å². The Hall–Kier alpha value is -2.30. The van der Waals surface area contributed by atoms with E-state index in [0.29, 0.717) is 23.7 Å². The van der Waals surface area contributed by atoms with Gasteiger partial charge in [0.05, 0.1) is 5.69 Å². The first-order chi connectivity index (χ1) is 9.59. The van der Waals surface area contributed by atoms with Crippen molar-refractivity contribution in [2.45, 2.75) is 18.5 Å². The molecule has 1 aliphatic rings. The summed E-state index contributed by atoms with van der Waals surface area (Å²) >= 11 is 0. The van der Waals surface area contributed by atoms with Crippen molar-refractivity contribution in [3.63, 3.8) is 0 Å². The molecule has 20 heavy (non-hydrogen) atoms. The van der Waals surface area contributed by atoms with E-state index in [-0.39, 0.29) is 5.75 Å². The van der Waals surface area contributed by atoms with Crippen molar-refractivity contribution in [2.24, 2.45) is 0 Å². The molecule has 0 atom stereocenters. The molecule has 0 aromatic heterocycles. The van der Waals surface area contributed by atoms with Crippen LogP contribution in [0.4, 0.5) is 20.2 Å². The highest BCUT2D eigenvalue weighted by Gasteiger charge is 2.50. The van der Waals surface area contributed by atoms with E-state index in [1.54, 1.807) is 24.3 Å². The quantitative estimate of drug-likeness (QED) is 0.506. The smallest absolute Gasteiger partial charge is 0.141 e. The lowest BCUT2D eigenvalue weighted by Crippen LogP contribution is -2.37. The zero-order valence-electron chi connectivity index (χ0n) is 10.7. The predicted octanol–water partition coefficient (Wildman–Crippen LogP) is 3.82. The molecule has 5 heteroatoms. The third kappa shape index (κ3) is 2.39. The van der Waals surface area contributed by atoms with Gasteiger partial charge in [-0.25, -0.2) is 4.39 Å². The minimum atomic E-state index is -0.783. The molecular formula is C15H14F2N2O. The second-order valence-electron chi connectivity index (χ2n) is 4.96. The van der Waals surface area contributed by atoms with Crippen molar-refractivity contribution in [1.29, 1.82) is 0 Å². The Kier molecular flexibility index (Phi) is 2.97. The molecule has 3 rings (SSSR count). The van der Waals surface area contributed by atoms with Crippen LogP contribution in [0, 0.1) is 5.82 Å². The summed E-state index contributed by atoms with van der Waals surface area (Å²) in [6, 6.07) is 11.7. The molecule has 0 bridgehead atoms. The Morgan fingerprint density at radius 2 is 1.60 bits per heavy atom. The molecule has 1 aliphatic carbocycles. The standard InChI is InChI=1S/C15H14F2N2O/c16-11-1-5-13(6-2-11)19(17)15(9-10-15)18-12-3-7-14(20)8-4-12/h1-8,18,20H,9-10H2. The Morgan fingerprint density at radius 1 is 1.00 bits per heavy atom. The van der Waals surface area contributed by atoms with Crippen LogP contribution in [0.5, 0.6) is 5.75 Å². The average molecular weight is 276 g/mol. The molecule has 1 fully saturated rings. The molecule has 3 nitrogen and oxygen atoms in total. The van der Waals surface area contributed by atoms with E-state index in [4.69, 9.17) is 0 Å². The van der Waals surface area contributed by atoms with Gasteiger partial charge in [0.2, 0.25) is 0 Å². The SMILES string of the molecule is Oc1ccc(NC2(N(F)c3ccc(F)cc3)CC2)cc1. The number of nitrogens with one attached hydrogen (secondary N) is 1. The first kappa shape index (κ1) is 12.7. The Morgan fingerprint density at radius 3 is 2.15 bits per heavy atom. The summed E-state index contributed by atoms with van der Waals surface area (Å²) in [5.74, 6) is -0.227. The van der Waals surface area contributed by atoms with Crippen molar-refractivity contribution in [1.82, 2.24) is 0 Å². The number of nitrogens with zero attached hydrogens (tertiary/aromatic N) is 1. The van der Waals surface area contributed by atoms with Gasteiger partial charge in [-0.2, -0.15) is 5.12 Å². The second-order valence-corrected chi connectivity index (χ2v) is 4.96. The van der Waals surface area contributed by atoms with E-state index in [9.17, 15) is 14.0 Å². The molecular weight excluding hydrogens is 262 g/mol. The summed E-state index contributed by atoms with van der Waals surface area (Å²) in [6.07, 6.45) is 1.31. The zero-order valence-corrected chi connectivity index (χ0v) is 10.7. The van der Waals surface area contributed by atoms with Gasteiger partial charge in [-0.15, -0.1) is 0 Å². The number of anilines is 2. The lowest BCUT2D eigenvalue weighted by molar-refractivity contribution is 0.372. The molecule has 0 spiro atoms. The Labute approximate surface area is 115 Å². The molecule has 0 heterocycles. The minimum Gasteiger partial charge on any atom is -0.508 e. The highest BCUT2D eigenvalue weighted by Crippen LogP contribution is 2.44. The number of aromatic hydroxyl groups is 1. The molecule has 0 saturated heterocycles. The molecule has 0 unspecified atom stereocenters. The third-order valence-corrected chi connectivity index (χ3v) is 3.40. The summed E-state index contributed by atoms with van der Waals surface area (Å²) in [6.45, 7) is 0. The lowest BCUT2D eigenvalue weighted by Gasteiger charge is -2.27. The van der Waals surface area contributed by atoms with Crippen LogP contribution in [0.15, 0.2) is 48.5 Å². The number of hydrogen-bond donors (Lipinski definition) is 2. The van der Waals surface area contributed by atoms with Crippen LogP contribution in [0.1, 0.15) is 12.8 Å². The van der Waals surface area contributed by atoms with Gasteiger partial charge >= 0.3 is 0 Å². The van der Waals surface area contributed by atoms with Crippen LogP contribution in [-0.4, -0.2) is 10.8 Å². The second kappa shape index (κ2) is 4.67. The number of rotatable bonds is 4. The minimum absolute atomic E-state index is 0.163. The lowest BCUT2D eigenvalue weighted by atomic mass is 10.2. The van der Waals surface area contributed by atoms with Gasteiger partial charge < -0.3 is 10.4 Å². The summed E-state index contributed by atoms with van der Waals surface area (Å²) in [4.78, 5) is 0. The number of hydrogen-bond acceptors (Lipinski definition) is 3. The largest absolute Gasteiger partial charge is 0.508 e. The topological polar surface area (TPSA) is 35.5 Å². The van der Waals surface area contributed by atoms with Crippen molar-refractivity contribution in [3.8, 4) is 5.75 Å². The first-order valence-corrected chi connectivity index (χ1v) is 6.38. The van der Waals surface area contributed by atoms with E-state index < -0.39 is 11.5 Å². The number of halogens is 2. The monoisotopic (exact) mass is 276 g/mol. The fraction of sp³-hybridized carbons (Fsp3) is 0.200. The van der Waals surface area contributed by atoms with E-state index in [2.05, 4.69) is 5.32 Å². The Bertz CT molecular complexity index is 594. The van der Waals surface area contributed by atoms with Gasteiger partial charge in [0.25, 0.3) is 0 Å². The van der Waals surface area contributed by atoms with Crippen LogP contribution >= 0.6 is 0 Å². The molecule has 0 aliphatic heterocycles. The van der Waals surface area contributed by atoms with Gasteiger partial charge in [0.15, 0.2) is 0 Å². The molecule has 1 saturated carbocycles. The van der Waals surface area contributed by atoms with Crippen molar-refractivity contribution < 1.29 is 14.0 Å². The fourth-order valence-electron chi connectivity index (χ4n) is 2.12. The van der Waals surface area contributed by atoms with Crippen LogP contribution in [0.2, 0.25) is 0 Å².